The summed E-state index contributed by atoms with van der Waals surface area (Å²) in [4.78, 5) is 23.6. The zero-order chi connectivity index (χ0) is 22.7. The van der Waals surface area contributed by atoms with Crippen LogP contribution in [0.1, 0.15) is 24.4 Å². The van der Waals surface area contributed by atoms with Crippen molar-refractivity contribution in [3.05, 3.63) is 68.4 Å². The number of carbonyl (C=O) groups is 1. The SMILES string of the molecule is COc1ccc(Oc2cc(NC(=O)C(C)n3nc(C)c(Br)c3C)cc([N+](=O)[O-])c2)cc1. The Hall–Kier alpha value is -3.40. The molecule has 0 bridgehead atoms. The molecule has 31 heavy (non-hydrogen) atoms. The molecular weight excluding hydrogens is 468 g/mol. The zero-order valence-corrected chi connectivity index (χ0v) is 19.0. The van der Waals surface area contributed by atoms with E-state index in [1.165, 1.54) is 18.2 Å². The van der Waals surface area contributed by atoms with Crippen LogP contribution in [0, 0.1) is 24.0 Å². The van der Waals surface area contributed by atoms with Crippen LogP contribution in [0.4, 0.5) is 11.4 Å². The van der Waals surface area contributed by atoms with Gasteiger partial charge in [0.15, 0.2) is 0 Å². The number of nitrogens with one attached hydrogen (secondary N) is 1. The monoisotopic (exact) mass is 488 g/mol. The van der Waals surface area contributed by atoms with Gasteiger partial charge in [0, 0.05) is 12.1 Å². The Bertz CT molecular complexity index is 1130. The number of carbonyl (C=O) groups excluding carboxylic acids is 1. The van der Waals surface area contributed by atoms with Gasteiger partial charge in [0.2, 0.25) is 5.91 Å². The van der Waals surface area contributed by atoms with Crippen LogP contribution >= 0.6 is 15.9 Å². The van der Waals surface area contributed by atoms with Gasteiger partial charge < -0.3 is 14.8 Å². The summed E-state index contributed by atoms with van der Waals surface area (Å²) >= 11 is 3.45. The quantitative estimate of drug-likeness (QED) is 0.362. The van der Waals surface area contributed by atoms with E-state index >= 15 is 0 Å². The standard InChI is InChI=1S/C21H21BrN4O5/c1-12-20(22)13(2)25(24-12)14(3)21(27)23-15-9-16(26(28)29)11-19(10-15)31-18-7-5-17(30-4)6-8-18/h5-11,14H,1-4H3,(H,23,27). The number of nitro groups is 1. The Morgan fingerprint density at radius 2 is 1.81 bits per heavy atom. The number of anilines is 1. The first-order valence-corrected chi connectivity index (χ1v) is 10.1. The molecule has 0 radical (unpaired) electrons. The van der Waals surface area contributed by atoms with Gasteiger partial charge in [-0.2, -0.15) is 5.10 Å². The fourth-order valence-electron chi connectivity index (χ4n) is 2.98. The summed E-state index contributed by atoms with van der Waals surface area (Å²) in [6.45, 7) is 5.39. The van der Waals surface area contributed by atoms with Gasteiger partial charge in [0.25, 0.3) is 5.69 Å². The van der Waals surface area contributed by atoms with E-state index in [2.05, 4.69) is 26.3 Å². The van der Waals surface area contributed by atoms with E-state index in [4.69, 9.17) is 9.47 Å². The average Bonchev–Trinajstić information content (AvgIpc) is 3.00. The maximum absolute atomic E-state index is 12.8. The maximum atomic E-state index is 12.8. The molecule has 0 saturated heterocycles. The van der Waals surface area contributed by atoms with E-state index < -0.39 is 11.0 Å². The Balaban J connectivity index is 1.84. The van der Waals surface area contributed by atoms with Crippen LogP contribution < -0.4 is 14.8 Å². The second kappa shape index (κ2) is 9.17. The first-order valence-electron chi connectivity index (χ1n) is 9.33. The topological polar surface area (TPSA) is 109 Å². The highest BCUT2D eigenvalue weighted by atomic mass is 79.9. The molecule has 2 aromatic carbocycles. The van der Waals surface area contributed by atoms with Crippen LogP contribution in [0.15, 0.2) is 46.9 Å². The number of benzene rings is 2. The number of aryl methyl sites for hydroxylation is 1. The maximum Gasteiger partial charge on any atom is 0.275 e. The summed E-state index contributed by atoms with van der Waals surface area (Å²) in [5.41, 5.74) is 1.61. The molecule has 0 fully saturated rings. The molecular formula is C21H21BrN4O5. The van der Waals surface area contributed by atoms with Crippen molar-refractivity contribution in [2.75, 3.05) is 12.4 Å². The average molecular weight is 489 g/mol. The molecule has 162 valence electrons. The van der Waals surface area contributed by atoms with Crippen LogP contribution in [-0.2, 0) is 4.79 Å². The fraction of sp³-hybridized carbons (Fsp3) is 0.238. The third kappa shape index (κ3) is 5.02. The molecule has 0 spiro atoms. The molecule has 0 aliphatic heterocycles. The number of non-ortho nitro benzene ring substituents is 1. The molecule has 1 atom stereocenters. The minimum atomic E-state index is -0.629. The number of methoxy groups -OCH3 is 1. The molecule has 1 aromatic heterocycles. The lowest BCUT2D eigenvalue weighted by Crippen LogP contribution is -2.25. The molecule has 10 heteroatoms. The molecule has 1 heterocycles. The number of amides is 1. The first-order chi connectivity index (χ1) is 14.7. The third-order valence-corrected chi connectivity index (χ3v) is 5.80. The number of ether oxygens (including phenoxy) is 2. The van der Waals surface area contributed by atoms with E-state index in [1.807, 2.05) is 13.8 Å². The Morgan fingerprint density at radius 3 is 2.35 bits per heavy atom. The largest absolute Gasteiger partial charge is 0.497 e. The first kappa shape index (κ1) is 22.3. The lowest BCUT2D eigenvalue weighted by atomic mass is 10.2. The zero-order valence-electron chi connectivity index (χ0n) is 17.4. The van der Waals surface area contributed by atoms with Gasteiger partial charge in [-0.1, -0.05) is 0 Å². The highest BCUT2D eigenvalue weighted by molar-refractivity contribution is 9.10. The molecule has 0 aliphatic carbocycles. The van der Waals surface area contributed by atoms with Crippen molar-refractivity contribution in [3.63, 3.8) is 0 Å². The number of nitro benzene ring substituents is 1. The highest BCUT2D eigenvalue weighted by Gasteiger charge is 2.21. The number of hydrogen-bond acceptors (Lipinski definition) is 6. The van der Waals surface area contributed by atoms with Gasteiger partial charge in [-0.05, 0) is 61.0 Å². The third-order valence-electron chi connectivity index (χ3n) is 4.65. The van der Waals surface area contributed by atoms with Gasteiger partial charge in [-0.3, -0.25) is 19.6 Å². The summed E-state index contributed by atoms with van der Waals surface area (Å²) in [5.74, 6) is 0.980. The number of aromatic nitrogens is 2. The highest BCUT2D eigenvalue weighted by Crippen LogP contribution is 2.31. The smallest absolute Gasteiger partial charge is 0.275 e. The molecule has 1 N–H and O–H groups in total. The molecule has 1 amide bonds. The molecule has 0 saturated carbocycles. The number of hydrogen-bond donors (Lipinski definition) is 1. The van der Waals surface area contributed by atoms with Gasteiger partial charge >= 0.3 is 0 Å². The molecule has 9 nitrogen and oxygen atoms in total. The lowest BCUT2D eigenvalue weighted by Gasteiger charge is -2.15. The Kier molecular flexibility index (Phi) is 6.59. The van der Waals surface area contributed by atoms with E-state index in [9.17, 15) is 14.9 Å². The summed E-state index contributed by atoms with van der Waals surface area (Å²) in [5, 5.41) is 18.5. The van der Waals surface area contributed by atoms with Crippen LogP contribution in [0.3, 0.4) is 0 Å². The number of halogens is 1. The van der Waals surface area contributed by atoms with Crippen LogP contribution in [0.25, 0.3) is 0 Å². The second-order valence-electron chi connectivity index (χ2n) is 6.84. The molecule has 0 aliphatic rings. The Morgan fingerprint density at radius 1 is 1.16 bits per heavy atom. The van der Waals surface area contributed by atoms with Gasteiger partial charge in [0.1, 0.15) is 23.3 Å². The van der Waals surface area contributed by atoms with Crippen molar-refractivity contribution in [1.82, 2.24) is 9.78 Å². The van der Waals surface area contributed by atoms with E-state index in [0.717, 1.165) is 15.9 Å². The van der Waals surface area contributed by atoms with E-state index in [-0.39, 0.29) is 23.0 Å². The minimum absolute atomic E-state index is 0.206. The van der Waals surface area contributed by atoms with E-state index in [0.29, 0.717) is 11.5 Å². The lowest BCUT2D eigenvalue weighted by molar-refractivity contribution is -0.384. The van der Waals surface area contributed by atoms with Crippen molar-refractivity contribution < 1.29 is 19.2 Å². The summed E-state index contributed by atoms with van der Waals surface area (Å²) in [7, 11) is 1.55. The Labute approximate surface area is 187 Å². The van der Waals surface area contributed by atoms with Crippen molar-refractivity contribution in [2.24, 2.45) is 0 Å². The predicted molar refractivity (Wildman–Crippen MR) is 119 cm³/mol. The van der Waals surface area contributed by atoms with Gasteiger partial charge in [-0.15, -0.1) is 0 Å². The summed E-state index contributed by atoms with van der Waals surface area (Å²) < 4.78 is 13.3. The van der Waals surface area contributed by atoms with Crippen molar-refractivity contribution in [2.45, 2.75) is 26.8 Å². The number of rotatable bonds is 7. The normalized spacial score (nSPS) is 11.6. The second-order valence-corrected chi connectivity index (χ2v) is 7.64. The molecule has 3 aromatic rings. The predicted octanol–water partition coefficient (Wildman–Crippen LogP) is 5.17. The molecule has 1 unspecified atom stereocenters. The fourth-order valence-corrected chi connectivity index (χ4v) is 3.24. The van der Waals surface area contributed by atoms with Gasteiger partial charge in [0.05, 0.1) is 39.6 Å². The summed E-state index contributed by atoms with van der Waals surface area (Å²) in [6, 6.07) is 10.3. The van der Waals surface area contributed by atoms with E-state index in [1.54, 1.807) is 43.0 Å². The van der Waals surface area contributed by atoms with Gasteiger partial charge in [-0.25, -0.2) is 0 Å². The van der Waals surface area contributed by atoms with Crippen molar-refractivity contribution in [1.29, 1.82) is 0 Å². The summed E-state index contributed by atoms with van der Waals surface area (Å²) in [6.07, 6.45) is 0. The number of nitrogens with zero attached hydrogens (tertiary/aromatic N) is 3. The van der Waals surface area contributed by atoms with Crippen LogP contribution in [0.5, 0.6) is 17.2 Å². The van der Waals surface area contributed by atoms with Crippen LogP contribution in [-0.4, -0.2) is 27.7 Å². The molecule has 3 rings (SSSR count). The van der Waals surface area contributed by atoms with Crippen molar-refractivity contribution >= 4 is 33.2 Å². The van der Waals surface area contributed by atoms with Crippen molar-refractivity contribution in [3.8, 4) is 17.2 Å². The minimum Gasteiger partial charge on any atom is -0.497 e. The van der Waals surface area contributed by atoms with Crippen LogP contribution in [0.2, 0.25) is 0 Å².